The van der Waals surface area contributed by atoms with Crippen LogP contribution in [0.15, 0.2) is 53.3 Å². The maximum atomic E-state index is 13.9. The Morgan fingerprint density at radius 2 is 1.68 bits per heavy atom. The van der Waals surface area contributed by atoms with Crippen LogP contribution < -0.4 is 15.1 Å². The van der Waals surface area contributed by atoms with Crippen LogP contribution in [0.25, 0.3) is 33.6 Å². The third-order valence-electron chi connectivity index (χ3n) is 7.15. The highest BCUT2D eigenvalue weighted by Gasteiger charge is 2.27. The van der Waals surface area contributed by atoms with Crippen molar-refractivity contribution in [2.24, 2.45) is 0 Å². The Morgan fingerprint density at radius 1 is 0.947 bits per heavy atom. The monoisotopic (exact) mass is 516 g/mol. The molecule has 0 spiro atoms. The molecule has 0 saturated carbocycles. The summed E-state index contributed by atoms with van der Waals surface area (Å²) in [5.74, 6) is 1.94. The van der Waals surface area contributed by atoms with Crippen molar-refractivity contribution in [3.05, 3.63) is 54.7 Å². The Morgan fingerprint density at radius 3 is 2.37 bits per heavy atom. The number of anilines is 2. The topological polar surface area (TPSA) is 96.6 Å². The second-order valence-corrected chi connectivity index (χ2v) is 9.66. The average molecular weight is 517 g/mol. The molecule has 0 atom stereocenters. The van der Waals surface area contributed by atoms with Crippen LogP contribution in [-0.4, -0.2) is 66.3 Å². The summed E-state index contributed by atoms with van der Waals surface area (Å²) in [6.07, 6.45) is 4.95. The van der Waals surface area contributed by atoms with Crippen LogP contribution in [0, 0.1) is 5.82 Å². The number of ether oxygens (including phenoxy) is 1. The van der Waals surface area contributed by atoms with Gasteiger partial charge in [0.25, 0.3) is 0 Å². The van der Waals surface area contributed by atoms with E-state index in [1.807, 2.05) is 18.3 Å². The number of benzene rings is 1. The van der Waals surface area contributed by atoms with E-state index in [4.69, 9.17) is 14.1 Å². The van der Waals surface area contributed by atoms with Crippen LogP contribution in [0.3, 0.4) is 0 Å². The van der Waals surface area contributed by atoms with Crippen molar-refractivity contribution in [2.75, 3.05) is 49.2 Å². The number of hydrogen-bond donors (Lipinski definition) is 1. The first-order valence-electron chi connectivity index (χ1n) is 12.9. The highest BCUT2D eigenvalue weighted by molar-refractivity contribution is 6.06. The van der Waals surface area contributed by atoms with Gasteiger partial charge in [-0.1, -0.05) is 12.1 Å². The Kier molecular flexibility index (Phi) is 6.63. The molecule has 3 aromatic heterocycles. The molecule has 196 valence electrons. The number of furan rings is 1. The van der Waals surface area contributed by atoms with Gasteiger partial charge in [-0.25, -0.2) is 19.3 Å². The zero-order valence-electron chi connectivity index (χ0n) is 21.2. The molecule has 2 aliphatic rings. The van der Waals surface area contributed by atoms with Crippen molar-refractivity contribution in [1.82, 2.24) is 20.3 Å². The fraction of sp³-hybridized carbons (Fsp3) is 0.357. The Bertz CT molecular complexity index is 1430. The van der Waals surface area contributed by atoms with E-state index >= 15 is 0 Å². The molecule has 2 saturated heterocycles. The van der Waals surface area contributed by atoms with Gasteiger partial charge in [-0.2, -0.15) is 0 Å². The molecular formula is C28H29FN6O3. The molecule has 2 fully saturated rings. The van der Waals surface area contributed by atoms with Gasteiger partial charge in [-0.15, -0.1) is 0 Å². The number of halogens is 1. The molecule has 0 aliphatic carbocycles. The van der Waals surface area contributed by atoms with Crippen molar-refractivity contribution < 1.29 is 18.3 Å². The summed E-state index contributed by atoms with van der Waals surface area (Å²) in [6, 6.07) is 10.5. The lowest BCUT2D eigenvalue weighted by molar-refractivity contribution is -0.119. The van der Waals surface area contributed by atoms with Crippen molar-refractivity contribution in [3.8, 4) is 22.5 Å². The fourth-order valence-corrected chi connectivity index (χ4v) is 5.28. The number of pyridine rings is 1. The number of fused-ring (bicyclic) bond motifs is 1. The summed E-state index contributed by atoms with van der Waals surface area (Å²) >= 11 is 0. The molecule has 0 unspecified atom stereocenters. The lowest BCUT2D eigenvalue weighted by atomic mass is 9.99. The number of hydrogen-bond acceptors (Lipinski definition) is 8. The van der Waals surface area contributed by atoms with E-state index in [1.165, 1.54) is 18.5 Å². The quantitative estimate of drug-likeness (QED) is 0.425. The predicted molar refractivity (Wildman–Crippen MR) is 143 cm³/mol. The first kappa shape index (κ1) is 24.3. The molecule has 5 heterocycles. The molecule has 4 aromatic rings. The van der Waals surface area contributed by atoms with Crippen molar-refractivity contribution in [2.45, 2.75) is 25.8 Å². The normalized spacial score (nSPS) is 16.7. The van der Waals surface area contributed by atoms with Gasteiger partial charge in [0.1, 0.15) is 29.5 Å². The van der Waals surface area contributed by atoms with E-state index in [0.29, 0.717) is 24.7 Å². The number of amides is 1. The van der Waals surface area contributed by atoms with E-state index in [2.05, 4.69) is 25.1 Å². The van der Waals surface area contributed by atoms with Gasteiger partial charge < -0.3 is 24.3 Å². The molecule has 38 heavy (non-hydrogen) atoms. The van der Waals surface area contributed by atoms with Crippen molar-refractivity contribution >= 4 is 28.6 Å². The number of rotatable bonds is 5. The predicted octanol–water partition coefficient (Wildman–Crippen LogP) is 4.03. The van der Waals surface area contributed by atoms with Gasteiger partial charge >= 0.3 is 0 Å². The fourth-order valence-electron chi connectivity index (χ4n) is 5.28. The minimum Gasteiger partial charge on any atom is -0.437 e. The second-order valence-electron chi connectivity index (χ2n) is 9.66. The van der Waals surface area contributed by atoms with Crippen molar-refractivity contribution in [1.29, 1.82) is 0 Å². The highest BCUT2D eigenvalue weighted by Crippen LogP contribution is 2.43. The van der Waals surface area contributed by atoms with Gasteiger partial charge in [-0.05, 0) is 42.7 Å². The lowest BCUT2D eigenvalue weighted by Crippen LogP contribution is -2.44. The molecule has 9 nitrogen and oxygen atoms in total. The number of aromatic nitrogens is 3. The maximum Gasteiger partial charge on any atom is 0.232 e. The molecule has 1 aromatic carbocycles. The van der Waals surface area contributed by atoms with Crippen LogP contribution in [0.5, 0.6) is 0 Å². The smallest absolute Gasteiger partial charge is 0.232 e. The SMILES string of the molecule is CC(=O)NC1CCN(c2ncnc3oc(-c4ccc(N5CCOCC5)nc4)c(-c4ccc(F)cc4)c23)CC1. The van der Waals surface area contributed by atoms with Crippen LogP contribution in [0.1, 0.15) is 19.8 Å². The molecule has 0 radical (unpaired) electrons. The third-order valence-corrected chi connectivity index (χ3v) is 7.15. The molecule has 2 aliphatic heterocycles. The van der Waals surface area contributed by atoms with Crippen LogP contribution in [0.4, 0.5) is 16.0 Å². The van der Waals surface area contributed by atoms with Gasteiger partial charge in [0.05, 0.1) is 18.6 Å². The van der Waals surface area contributed by atoms with E-state index in [1.54, 1.807) is 19.1 Å². The largest absolute Gasteiger partial charge is 0.437 e. The molecular weight excluding hydrogens is 487 g/mol. The molecule has 10 heteroatoms. The Labute approximate surface area is 219 Å². The van der Waals surface area contributed by atoms with Crippen LogP contribution in [0.2, 0.25) is 0 Å². The molecule has 0 bridgehead atoms. The van der Waals surface area contributed by atoms with E-state index in [0.717, 1.165) is 72.7 Å². The first-order valence-corrected chi connectivity index (χ1v) is 12.9. The number of carbonyl (C=O) groups excluding carboxylic acids is 1. The first-order chi connectivity index (χ1) is 18.6. The summed E-state index contributed by atoms with van der Waals surface area (Å²) in [5, 5.41) is 3.80. The summed E-state index contributed by atoms with van der Waals surface area (Å²) in [4.78, 5) is 29.7. The minimum absolute atomic E-state index is 0.0146. The average Bonchev–Trinajstić information content (AvgIpc) is 3.34. The minimum atomic E-state index is -0.309. The van der Waals surface area contributed by atoms with E-state index in [-0.39, 0.29) is 17.8 Å². The Hall–Kier alpha value is -4.05. The molecule has 6 rings (SSSR count). The Balaban J connectivity index is 1.42. The number of morpholine rings is 1. The van der Waals surface area contributed by atoms with Gasteiger partial charge in [0.2, 0.25) is 11.6 Å². The zero-order valence-corrected chi connectivity index (χ0v) is 21.2. The number of carbonyl (C=O) groups is 1. The van der Waals surface area contributed by atoms with Crippen molar-refractivity contribution in [3.63, 3.8) is 0 Å². The van der Waals surface area contributed by atoms with Gasteiger partial charge in [0.15, 0.2) is 0 Å². The number of piperidine rings is 1. The summed E-state index contributed by atoms with van der Waals surface area (Å²) in [7, 11) is 0. The maximum absolute atomic E-state index is 13.9. The number of nitrogens with zero attached hydrogens (tertiary/aromatic N) is 5. The molecule has 1 N–H and O–H groups in total. The standard InChI is InChI=1S/C28H29FN6O3/c1-18(36)33-22-8-10-35(11-9-22)27-25-24(19-2-5-21(29)6-3-19)26(38-28(25)32-17-31-27)20-4-7-23(30-16-20)34-12-14-37-15-13-34/h2-7,16-17,22H,8-15H2,1H3,(H,33,36). The summed E-state index contributed by atoms with van der Waals surface area (Å²) < 4.78 is 25.7. The van der Waals surface area contributed by atoms with E-state index in [9.17, 15) is 9.18 Å². The summed E-state index contributed by atoms with van der Waals surface area (Å²) in [6.45, 7) is 5.98. The van der Waals surface area contributed by atoms with Gasteiger partial charge in [-0.3, -0.25) is 4.79 Å². The summed E-state index contributed by atoms with van der Waals surface area (Å²) in [5.41, 5.74) is 2.88. The molecule has 1 amide bonds. The second kappa shape index (κ2) is 10.4. The van der Waals surface area contributed by atoms with Crippen LogP contribution in [-0.2, 0) is 9.53 Å². The highest BCUT2D eigenvalue weighted by atomic mass is 19.1. The third kappa shape index (κ3) is 4.79. The zero-order chi connectivity index (χ0) is 26.1. The lowest BCUT2D eigenvalue weighted by Gasteiger charge is -2.33. The van der Waals surface area contributed by atoms with E-state index < -0.39 is 0 Å². The van der Waals surface area contributed by atoms with Gasteiger partial charge in [0, 0.05) is 56.5 Å². The van der Waals surface area contributed by atoms with Crippen LogP contribution >= 0.6 is 0 Å². The number of nitrogens with one attached hydrogen (secondary N) is 1.